The van der Waals surface area contributed by atoms with Crippen molar-refractivity contribution in [3.8, 4) is 0 Å². The first kappa shape index (κ1) is 12.6. The van der Waals surface area contributed by atoms with E-state index in [0.29, 0.717) is 6.04 Å². The van der Waals surface area contributed by atoms with Crippen LogP contribution in [0.15, 0.2) is 28.0 Å². The van der Waals surface area contributed by atoms with E-state index >= 15 is 0 Å². The molecule has 104 valence electrons. The summed E-state index contributed by atoms with van der Waals surface area (Å²) < 4.78 is 5.11. The molecule has 2 heterocycles. The Kier molecular flexibility index (Phi) is 3.76. The summed E-state index contributed by atoms with van der Waals surface area (Å²) in [7, 11) is 2.09. The van der Waals surface area contributed by atoms with Crippen LogP contribution < -0.4 is 5.32 Å². The highest BCUT2D eigenvalue weighted by molar-refractivity contribution is 5.81. The number of aliphatic imine (C=N–C) groups is 1. The highest BCUT2D eigenvalue weighted by atomic mass is 16.3. The molecule has 0 saturated heterocycles. The smallest absolute Gasteiger partial charge is 0.194 e. The van der Waals surface area contributed by atoms with Crippen LogP contribution in [0, 0.1) is 5.92 Å². The highest BCUT2D eigenvalue weighted by Gasteiger charge is 2.28. The molecular weight excluding hydrogens is 238 g/mol. The first-order chi connectivity index (χ1) is 9.33. The summed E-state index contributed by atoms with van der Waals surface area (Å²) in [6.45, 7) is 1.79. The fourth-order valence-electron chi connectivity index (χ4n) is 3.21. The van der Waals surface area contributed by atoms with E-state index in [1.54, 1.807) is 12.5 Å². The van der Waals surface area contributed by atoms with Crippen molar-refractivity contribution >= 4 is 5.96 Å². The molecule has 1 fully saturated rings. The lowest BCUT2D eigenvalue weighted by molar-refractivity contribution is 0.297. The van der Waals surface area contributed by atoms with Crippen molar-refractivity contribution in [1.82, 2.24) is 10.2 Å². The summed E-state index contributed by atoms with van der Waals surface area (Å²) in [6.07, 6.45) is 10.4. The normalized spacial score (nSPS) is 24.1. The summed E-state index contributed by atoms with van der Waals surface area (Å²) in [4.78, 5) is 6.85. The van der Waals surface area contributed by atoms with E-state index in [1.807, 2.05) is 6.07 Å². The van der Waals surface area contributed by atoms with Gasteiger partial charge in [-0.15, -0.1) is 0 Å². The lowest BCUT2D eigenvalue weighted by Crippen LogP contribution is -2.43. The summed E-state index contributed by atoms with van der Waals surface area (Å²) in [5.41, 5.74) is 1.19. The SMILES string of the molecule is CN(Cc1ccoc1)C1=NCC(C2CCCCC2)N1. The first-order valence-electron chi connectivity index (χ1n) is 7.36. The van der Waals surface area contributed by atoms with Gasteiger partial charge in [0.05, 0.1) is 25.1 Å². The van der Waals surface area contributed by atoms with Gasteiger partial charge in [0.2, 0.25) is 0 Å². The number of guanidine groups is 1. The van der Waals surface area contributed by atoms with Crippen molar-refractivity contribution in [2.45, 2.75) is 44.7 Å². The molecule has 2 aliphatic rings. The minimum absolute atomic E-state index is 0.557. The molecule has 1 saturated carbocycles. The Bertz CT molecular complexity index is 421. The van der Waals surface area contributed by atoms with Gasteiger partial charge in [-0.1, -0.05) is 19.3 Å². The molecule has 19 heavy (non-hydrogen) atoms. The number of nitrogens with one attached hydrogen (secondary N) is 1. The molecule has 1 aromatic heterocycles. The van der Waals surface area contributed by atoms with Gasteiger partial charge in [-0.2, -0.15) is 0 Å². The van der Waals surface area contributed by atoms with Crippen molar-refractivity contribution < 1.29 is 4.42 Å². The van der Waals surface area contributed by atoms with E-state index in [1.165, 1.54) is 37.7 Å². The van der Waals surface area contributed by atoms with Gasteiger partial charge in [-0.05, 0) is 24.8 Å². The Hall–Kier alpha value is -1.45. The molecule has 1 aromatic rings. The third-order valence-electron chi connectivity index (χ3n) is 4.33. The van der Waals surface area contributed by atoms with Crippen LogP contribution in [0.4, 0.5) is 0 Å². The first-order valence-corrected chi connectivity index (χ1v) is 7.36. The molecule has 1 N–H and O–H groups in total. The molecule has 0 spiro atoms. The molecule has 0 aromatic carbocycles. The van der Waals surface area contributed by atoms with Crippen LogP contribution in [0.3, 0.4) is 0 Å². The van der Waals surface area contributed by atoms with Crippen molar-refractivity contribution in [3.05, 3.63) is 24.2 Å². The second-order valence-corrected chi connectivity index (χ2v) is 5.80. The Morgan fingerprint density at radius 1 is 1.37 bits per heavy atom. The summed E-state index contributed by atoms with van der Waals surface area (Å²) in [5.74, 6) is 1.86. The van der Waals surface area contributed by atoms with Gasteiger partial charge >= 0.3 is 0 Å². The van der Waals surface area contributed by atoms with Gasteiger partial charge in [0.1, 0.15) is 0 Å². The van der Waals surface area contributed by atoms with Gasteiger partial charge in [0.15, 0.2) is 5.96 Å². The van der Waals surface area contributed by atoms with E-state index in [4.69, 9.17) is 4.42 Å². The Balaban J connectivity index is 1.52. The lowest BCUT2D eigenvalue weighted by atomic mass is 9.84. The molecule has 4 nitrogen and oxygen atoms in total. The van der Waals surface area contributed by atoms with Crippen LogP contribution in [0.25, 0.3) is 0 Å². The molecule has 3 rings (SSSR count). The molecular formula is C15H23N3O. The number of hydrogen-bond acceptors (Lipinski definition) is 4. The van der Waals surface area contributed by atoms with Crippen LogP contribution in [-0.2, 0) is 6.54 Å². The standard InChI is InChI=1S/C15H23N3O/c1-18(10-12-7-8-19-11-12)15-16-9-14(17-15)13-5-3-2-4-6-13/h7-8,11,13-14H,2-6,9-10H2,1H3,(H,16,17). The highest BCUT2D eigenvalue weighted by Crippen LogP contribution is 2.28. The van der Waals surface area contributed by atoms with Crippen molar-refractivity contribution in [3.63, 3.8) is 0 Å². The second-order valence-electron chi connectivity index (χ2n) is 5.80. The lowest BCUT2D eigenvalue weighted by Gasteiger charge is -2.28. The quantitative estimate of drug-likeness (QED) is 0.909. The average Bonchev–Trinajstić information content (AvgIpc) is 3.10. The molecule has 1 aliphatic heterocycles. The monoisotopic (exact) mass is 261 g/mol. The van der Waals surface area contributed by atoms with Crippen LogP contribution in [-0.4, -0.2) is 30.5 Å². The molecule has 0 bridgehead atoms. The van der Waals surface area contributed by atoms with Crippen molar-refractivity contribution in [1.29, 1.82) is 0 Å². The van der Waals surface area contributed by atoms with Gasteiger partial charge in [0, 0.05) is 19.2 Å². The van der Waals surface area contributed by atoms with Crippen molar-refractivity contribution in [2.24, 2.45) is 10.9 Å². The van der Waals surface area contributed by atoms with E-state index in [2.05, 4.69) is 22.3 Å². The second kappa shape index (κ2) is 5.68. The Morgan fingerprint density at radius 3 is 2.95 bits per heavy atom. The van der Waals surface area contributed by atoms with Gasteiger partial charge in [-0.3, -0.25) is 4.99 Å². The van der Waals surface area contributed by atoms with Crippen LogP contribution in [0.1, 0.15) is 37.7 Å². The molecule has 1 aliphatic carbocycles. The van der Waals surface area contributed by atoms with Gasteiger partial charge in [0.25, 0.3) is 0 Å². The minimum atomic E-state index is 0.557. The number of nitrogens with zero attached hydrogens (tertiary/aromatic N) is 2. The van der Waals surface area contributed by atoms with E-state index < -0.39 is 0 Å². The number of hydrogen-bond donors (Lipinski definition) is 1. The summed E-state index contributed by atoms with van der Waals surface area (Å²) in [6, 6.07) is 2.56. The third-order valence-corrected chi connectivity index (χ3v) is 4.33. The molecule has 1 unspecified atom stereocenters. The maximum Gasteiger partial charge on any atom is 0.194 e. The van der Waals surface area contributed by atoms with Crippen LogP contribution in [0.2, 0.25) is 0 Å². The fraction of sp³-hybridized carbons (Fsp3) is 0.667. The maximum absolute atomic E-state index is 5.11. The Morgan fingerprint density at radius 2 is 2.21 bits per heavy atom. The summed E-state index contributed by atoms with van der Waals surface area (Å²) in [5, 5.41) is 3.62. The van der Waals surface area contributed by atoms with Gasteiger partial charge in [-0.25, -0.2) is 0 Å². The molecule has 4 heteroatoms. The van der Waals surface area contributed by atoms with Crippen LogP contribution >= 0.6 is 0 Å². The zero-order valence-corrected chi connectivity index (χ0v) is 11.6. The van der Waals surface area contributed by atoms with Gasteiger partial charge < -0.3 is 14.6 Å². The fourth-order valence-corrected chi connectivity index (χ4v) is 3.21. The molecule has 0 radical (unpaired) electrons. The largest absolute Gasteiger partial charge is 0.472 e. The maximum atomic E-state index is 5.11. The van der Waals surface area contributed by atoms with E-state index in [0.717, 1.165) is 25.0 Å². The predicted octanol–water partition coefficient (Wildman–Crippen LogP) is 2.62. The topological polar surface area (TPSA) is 40.8 Å². The third kappa shape index (κ3) is 2.94. The summed E-state index contributed by atoms with van der Waals surface area (Å²) >= 11 is 0. The Labute approximate surface area is 114 Å². The minimum Gasteiger partial charge on any atom is -0.472 e. The van der Waals surface area contributed by atoms with Crippen molar-refractivity contribution in [2.75, 3.05) is 13.6 Å². The number of rotatable bonds is 3. The zero-order valence-electron chi connectivity index (χ0n) is 11.6. The zero-order chi connectivity index (χ0) is 13.1. The van der Waals surface area contributed by atoms with E-state index in [9.17, 15) is 0 Å². The van der Waals surface area contributed by atoms with Crippen LogP contribution in [0.5, 0.6) is 0 Å². The molecule has 1 atom stereocenters. The van der Waals surface area contributed by atoms with E-state index in [-0.39, 0.29) is 0 Å². The number of furan rings is 1. The molecule has 0 amide bonds. The predicted molar refractivity (Wildman–Crippen MR) is 76.0 cm³/mol. The average molecular weight is 261 g/mol.